The first-order valence-corrected chi connectivity index (χ1v) is 7.43. The van der Waals surface area contributed by atoms with Crippen molar-refractivity contribution in [2.45, 2.75) is 32.5 Å². The van der Waals surface area contributed by atoms with Gasteiger partial charge < -0.3 is 20.1 Å². The molecule has 1 unspecified atom stereocenters. The molecule has 0 aromatic heterocycles. The number of hydrogen-bond acceptors (Lipinski definition) is 4. The van der Waals surface area contributed by atoms with E-state index in [0.717, 1.165) is 16.8 Å². The topological polar surface area (TPSA) is 59.6 Å². The Morgan fingerprint density at radius 1 is 1.55 bits per heavy atom. The zero-order chi connectivity index (χ0) is 14.5. The monoisotopic (exact) mass is 342 g/mol. The minimum atomic E-state index is -0.382. The summed E-state index contributed by atoms with van der Waals surface area (Å²) >= 11 is 3.50. The lowest BCUT2D eigenvalue weighted by molar-refractivity contribution is 0.104. The molecule has 1 heterocycles. The van der Waals surface area contributed by atoms with Crippen molar-refractivity contribution < 1.29 is 14.3 Å². The van der Waals surface area contributed by atoms with Gasteiger partial charge in [-0.25, -0.2) is 4.79 Å². The van der Waals surface area contributed by atoms with Crippen molar-refractivity contribution >= 4 is 22.0 Å². The normalized spacial score (nSPS) is 18.0. The zero-order valence-corrected chi connectivity index (χ0v) is 13.2. The van der Waals surface area contributed by atoms with Gasteiger partial charge in [0.2, 0.25) is 0 Å². The molecular formula is C14H19BrN2O3. The second kappa shape index (κ2) is 6.95. The first kappa shape index (κ1) is 15.1. The lowest BCUT2D eigenvalue weighted by Crippen LogP contribution is -2.22. The molecule has 1 fully saturated rings. The van der Waals surface area contributed by atoms with Gasteiger partial charge in [-0.05, 0) is 33.6 Å². The van der Waals surface area contributed by atoms with Crippen LogP contribution >= 0.6 is 15.9 Å². The molecule has 1 saturated heterocycles. The maximum atomic E-state index is 10.9. The highest BCUT2D eigenvalue weighted by Gasteiger charge is 2.23. The molecule has 1 amide bonds. The first-order chi connectivity index (χ1) is 9.54. The Bertz CT molecular complexity index is 479. The van der Waals surface area contributed by atoms with E-state index in [2.05, 4.69) is 40.4 Å². The summed E-state index contributed by atoms with van der Waals surface area (Å²) in [7, 11) is 0. The van der Waals surface area contributed by atoms with Gasteiger partial charge in [0.25, 0.3) is 0 Å². The van der Waals surface area contributed by atoms with Crippen LogP contribution in [0.4, 0.5) is 4.79 Å². The lowest BCUT2D eigenvalue weighted by atomic mass is 10.2. The quantitative estimate of drug-likeness (QED) is 0.833. The number of cyclic esters (lactones) is 1. The molecule has 5 nitrogen and oxygen atoms in total. The van der Waals surface area contributed by atoms with Gasteiger partial charge in [-0.3, -0.25) is 0 Å². The zero-order valence-electron chi connectivity index (χ0n) is 11.6. The van der Waals surface area contributed by atoms with Gasteiger partial charge >= 0.3 is 6.09 Å². The van der Waals surface area contributed by atoms with Crippen LogP contribution < -0.4 is 15.4 Å². The van der Waals surface area contributed by atoms with E-state index in [1.807, 2.05) is 18.2 Å². The van der Waals surface area contributed by atoms with Gasteiger partial charge in [-0.15, -0.1) is 0 Å². The number of carbonyl (C=O) groups excluding carboxylic acids is 1. The predicted octanol–water partition coefficient (Wildman–Crippen LogP) is 2.43. The first-order valence-electron chi connectivity index (χ1n) is 6.63. The van der Waals surface area contributed by atoms with Crippen LogP contribution in [0.3, 0.4) is 0 Å². The molecule has 6 heteroatoms. The van der Waals surface area contributed by atoms with Crippen LogP contribution in [-0.4, -0.2) is 31.4 Å². The van der Waals surface area contributed by atoms with E-state index in [-0.39, 0.29) is 12.2 Å². The van der Waals surface area contributed by atoms with Crippen LogP contribution in [-0.2, 0) is 11.3 Å². The number of nitrogens with one attached hydrogen (secondary N) is 2. The third-order valence-corrected chi connectivity index (χ3v) is 3.50. The van der Waals surface area contributed by atoms with Gasteiger partial charge in [-0.2, -0.15) is 0 Å². The molecule has 110 valence electrons. The van der Waals surface area contributed by atoms with Crippen LogP contribution in [0, 0.1) is 0 Å². The van der Waals surface area contributed by atoms with Crippen LogP contribution in [0.2, 0.25) is 0 Å². The molecule has 0 radical (unpaired) electrons. The van der Waals surface area contributed by atoms with Crippen LogP contribution in [0.25, 0.3) is 0 Å². The van der Waals surface area contributed by atoms with Crippen molar-refractivity contribution in [1.29, 1.82) is 0 Å². The second-order valence-corrected chi connectivity index (χ2v) is 5.87. The number of ether oxygens (including phenoxy) is 2. The Morgan fingerprint density at radius 3 is 2.95 bits per heavy atom. The predicted molar refractivity (Wildman–Crippen MR) is 79.9 cm³/mol. The highest BCUT2D eigenvalue weighted by atomic mass is 79.9. The van der Waals surface area contributed by atoms with Crippen molar-refractivity contribution in [3.8, 4) is 5.75 Å². The molecular weight excluding hydrogens is 324 g/mol. The molecule has 1 aromatic rings. The fourth-order valence-corrected chi connectivity index (χ4v) is 2.34. The SMILES string of the molecule is CC(C)NCc1ccc(OCC2CNC(=O)O2)c(Br)c1. The standard InChI is InChI=1S/C14H19BrN2O3/c1-9(2)16-6-10-3-4-13(12(15)5-10)19-8-11-7-17-14(18)20-11/h3-5,9,11,16H,6-8H2,1-2H3,(H,17,18). The molecule has 2 N–H and O–H groups in total. The van der Waals surface area contributed by atoms with E-state index in [1.54, 1.807) is 0 Å². The summed E-state index contributed by atoms with van der Waals surface area (Å²) in [6.07, 6.45) is -0.607. The summed E-state index contributed by atoms with van der Waals surface area (Å²) in [5.74, 6) is 0.751. The van der Waals surface area contributed by atoms with Crippen molar-refractivity contribution in [2.24, 2.45) is 0 Å². The van der Waals surface area contributed by atoms with Gasteiger partial charge in [0.1, 0.15) is 12.4 Å². The van der Waals surface area contributed by atoms with Gasteiger partial charge in [0.05, 0.1) is 11.0 Å². The summed E-state index contributed by atoms with van der Waals surface area (Å²) in [6.45, 7) is 5.89. The van der Waals surface area contributed by atoms with E-state index in [1.165, 1.54) is 5.56 Å². The molecule has 20 heavy (non-hydrogen) atoms. The summed E-state index contributed by atoms with van der Waals surface area (Å²) < 4.78 is 11.6. The van der Waals surface area contributed by atoms with E-state index in [0.29, 0.717) is 19.2 Å². The Morgan fingerprint density at radius 2 is 2.35 bits per heavy atom. The Hall–Kier alpha value is -1.27. The van der Waals surface area contributed by atoms with E-state index < -0.39 is 0 Å². The van der Waals surface area contributed by atoms with Crippen molar-refractivity contribution in [3.05, 3.63) is 28.2 Å². The third-order valence-electron chi connectivity index (χ3n) is 2.88. The lowest BCUT2D eigenvalue weighted by Gasteiger charge is -2.13. The summed E-state index contributed by atoms with van der Waals surface area (Å²) in [5.41, 5.74) is 1.19. The molecule has 0 saturated carbocycles. The number of benzene rings is 1. The largest absolute Gasteiger partial charge is 0.488 e. The van der Waals surface area contributed by atoms with Crippen LogP contribution in [0.1, 0.15) is 19.4 Å². The third kappa shape index (κ3) is 4.38. The highest BCUT2D eigenvalue weighted by Crippen LogP contribution is 2.26. The second-order valence-electron chi connectivity index (χ2n) is 5.02. The van der Waals surface area contributed by atoms with Crippen LogP contribution in [0.15, 0.2) is 22.7 Å². The van der Waals surface area contributed by atoms with E-state index in [9.17, 15) is 4.79 Å². The smallest absolute Gasteiger partial charge is 0.407 e. The molecule has 2 rings (SSSR count). The molecule has 1 atom stereocenters. The van der Waals surface area contributed by atoms with E-state index in [4.69, 9.17) is 9.47 Å². The maximum Gasteiger partial charge on any atom is 0.407 e. The fourth-order valence-electron chi connectivity index (χ4n) is 1.80. The Balaban J connectivity index is 1.87. The molecule has 1 aromatic carbocycles. The fraction of sp³-hybridized carbons (Fsp3) is 0.500. The van der Waals surface area contributed by atoms with Gasteiger partial charge in [0.15, 0.2) is 6.10 Å². The molecule has 1 aliphatic heterocycles. The number of carbonyl (C=O) groups is 1. The number of hydrogen-bond donors (Lipinski definition) is 2. The van der Waals surface area contributed by atoms with Crippen LogP contribution in [0.5, 0.6) is 5.75 Å². The molecule has 1 aliphatic rings. The molecule has 0 spiro atoms. The number of rotatable bonds is 6. The van der Waals surface area contributed by atoms with Crippen molar-refractivity contribution in [3.63, 3.8) is 0 Å². The minimum absolute atomic E-state index is 0.225. The Labute approximate surface area is 127 Å². The summed E-state index contributed by atoms with van der Waals surface area (Å²) in [5, 5.41) is 5.96. The van der Waals surface area contributed by atoms with Gasteiger partial charge in [0, 0.05) is 12.6 Å². The van der Waals surface area contributed by atoms with E-state index >= 15 is 0 Å². The summed E-state index contributed by atoms with van der Waals surface area (Å²) in [4.78, 5) is 10.9. The average Bonchev–Trinajstić information content (AvgIpc) is 2.81. The van der Waals surface area contributed by atoms with Crippen molar-refractivity contribution in [1.82, 2.24) is 10.6 Å². The van der Waals surface area contributed by atoms with Gasteiger partial charge in [-0.1, -0.05) is 19.9 Å². The minimum Gasteiger partial charge on any atom is -0.488 e. The molecule has 0 bridgehead atoms. The number of halogens is 1. The molecule has 0 aliphatic carbocycles. The average molecular weight is 343 g/mol. The number of amides is 1. The summed E-state index contributed by atoms with van der Waals surface area (Å²) in [6, 6.07) is 6.43. The maximum absolute atomic E-state index is 10.9. The van der Waals surface area contributed by atoms with Crippen molar-refractivity contribution in [2.75, 3.05) is 13.2 Å². The highest BCUT2D eigenvalue weighted by molar-refractivity contribution is 9.10. The number of alkyl carbamates (subject to hydrolysis) is 1. The Kier molecular flexibility index (Phi) is 5.25.